The Morgan fingerprint density at radius 1 is 1.50 bits per heavy atom. The highest BCUT2D eigenvalue weighted by molar-refractivity contribution is 5.79. The quantitative estimate of drug-likeness (QED) is 0.854. The van der Waals surface area contributed by atoms with Crippen LogP contribution in [0, 0.1) is 11.8 Å². The average molecular weight is 278 g/mol. The molecule has 0 aliphatic heterocycles. The second-order valence-electron chi connectivity index (χ2n) is 5.73. The Morgan fingerprint density at radius 2 is 2.25 bits per heavy atom. The molecule has 1 saturated carbocycles. The predicted octanol–water partition coefficient (Wildman–Crippen LogP) is 1.36. The summed E-state index contributed by atoms with van der Waals surface area (Å²) in [7, 11) is 1.91. The minimum Gasteiger partial charge on any atom is -0.352 e. The van der Waals surface area contributed by atoms with Crippen molar-refractivity contribution < 1.29 is 4.79 Å². The van der Waals surface area contributed by atoms with Gasteiger partial charge in [0.25, 0.3) is 0 Å². The van der Waals surface area contributed by atoms with Crippen molar-refractivity contribution in [2.24, 2.45) is 24.6 Å². The van der Waals surface area contributed by atoms with Gasteiger partial charge in [-0.1, -0.05) is 19.8 Å². The van der Waals surface area contributed by atoms with E-state index in [9.17, 15) is 4.79 Å². The Balaban J connectivity index is 1.93. The third-order valence-corrected chi connectivity index (χ3v) is 4.33. The highest BCUT2D eigenvalue weighted by Crippen LogP contribution is 2.29. The third kappa shape index (κ3) is 3.39. The number of aromatic nitrogens is 2. The van der Waals surface area contributed by atoms with Gasteiger partial charge in [0.05, 0.1) is 5.69 Å². The molecular weight excluding hydrogens is 252 g/mol. The van der Waals surface area contributed by atoms with Gasteiger partial charge in [0.1, 0.15) is 0 Å². The van der Waals surface area contributed by atoms with Crippen molar-refractivity contribution in [2.45, 2.75) is 45.6 Å². The molecule has 1 aliphatic carbocycles. The number of carbonyl (C=O) groups is 1. The van der Waals surface area contributed by atoms with Gasteiger partial charge in [0.15, 0.2) is 0 Å². The third-order valence-electron chi connectivity index (χ3n) is 4.33. The van der Waals surface area contributed by atoms with E-state index in [4.69, 9.17) is 5.73 Å². The van der Waals surface area contributed by atoms with Crippen molar-refractivity contribution in [1.29, 1.82) is 0 Å². The minimum absolute atomic E-state index is 0.0931. The molecule has 0 spiro atoms. The van der Waals surface area contributed by atoms with Gasteiger partial charge in [-0.3, -0.25) is 9.48 Å². The van der Waals surface area contributed by atoms with Crippen LogP contribution in [0.3, 0.4) is 0 Å². The lowest BCUT2D eigenvalue weighted by Crippen LogP contribution is -2.39. The van der Waals surface area contributed by atoms with Gasteiger partial charge in [0, 0.05) is 31.3 Å². The number of amides is 1. The molecule has 0 bridgehead atoms. The molecule has 1 fully saturated rings. The summed E-state index contributed by atoms with van der Waals surface area (Å²) in [5.41, 5.74) is 7.97. The van der Waals surface area contributed by atoms with Crippen LogP contribution in [0.5, 0.6) is 0 Å². The predicted molar refractivity (Wildman–Crippen MR) is 78.9 cm³/mol. The van der Waals surface area contributed by atoms with E-state index in [1.54, 1.807) is 0 Å². The highest BCUT2D eigenvalue weighted by atomic mass is 16.1. The number of nitrogens with one attached hydrogen (secondary N) is 1. The van der Waals surface area contributed by atoms with Gasteiger partial charge in [-0.15, -0.1) is 0 Å². The first kappa shape index (κ1) is 15.0. The lowest BCUT2D eigenvalue weighted by molar-refractivity contribution is -0.127. The molecular formula is C15H26N4O. The van der Waals surface area contributed by atoms with E-state index in [0.29, 0.717) is 19.0 Å². The first-order chi connectivity index (χ1) is 9.65. The van der Waals surface area contributed by atoms with Gasteiger partial charge in [-0.25, -0.2) is 0 Å². The molecule has 112 valence electrons. The molecule has 1 aliphatic rings. The number of hydrogen-bond donors (Lipinski definition) is 2. The smallest absolute Gasteiger partial charge is 0.223 e. The number of nitrogens with two attached hydrogens (primary N) is 1. The summed E-state index contributed by atoms with van der Waals surface area (Å²) >= 11 is 0. The van der Waals surface area contributed by atoms with Crippen LogP contribution in [0.25, 0.3) is 0 Å². The molecule has 1 aromatic rings. The first-order valence-electron chi connectivity index (χ1n) is 7.64. The van der Waals surface area contributed by atoms with E-state index in [1.807, 2.05) is 17.9 Å². The van der Waals surface area contributed by atoms with Crippen molar-refractivity contribution in [3.8, 4) is 0 Å². The summed E-state index contributed by atoms with van der Waals surface area (Å²) in [4.78, 5) is 12.4. The molecule has 2 rings (SSSR count). The normalized spacial score (nSPS) is 22.8. The summed E-state index contributed by atoms with van der Waals surface area (Å²) < 4.78 is 1.81. The first-order valence-corrected chi connectivity index (χ1v) is 7.64. The van der Waals surface area contributed by atoms with E-state index in [0.717, 1.165) is 36.9 Å². The minimum atomic E-state index is 0.0931. The summed E-state index contributed by atoms with van der Waals surface area (Å²) in [6.07, 6.45) is 7.28. The van der Waals surface area contributed by atoms with Crippen LogP contribution in [-0.2, 0) is 24.8 Å². The van der Waals surface area contributed by atoms with Crippen LogP contribution in [-0.4, -0.2) is 22.2 Å². The zero-order valence-electron chi connectivity index (χ0n) is 12.6. The van der Waals surface area contributed by atoms with Crippen LogP contribution >= 0.6 is 0 Å². The van der Waals surface area contributed by atoms with Gasteiger partial charge >= 0.3 is 0 Å². The van der Waals surface area contributed by atoms with E-state index < -0.39 is 0 Å². The Hall–Kier alpha value is -1.36. The highest BCUT2D eigenvalue weighted by Gasteiger charge is 2.29. The Morgan fingerprint density at radius 3 is 2.95 bits per heavy atom. The molecule has 2 atom stereocenters. The van der Waals surface area contributed by atoms with E-state index >= 15 is 0 Å². The number of hydrogen-bond acceptors (Lipinski definition) is 3. The SMILES string of the molecule is CCc1nn(C)cc1CNC(=O)C1CCCCC1CN. The summed E-state index contributed by atoms with van der Waals surface area (Å²) in [6, 6.07) is 0. The molecule has 5 nitrogen and oxygen atoms in total. The van der Waals surface area contributed by atoms with Crippen LogP contribution in [0.2, 0.25) is 0 Å². The summed E-state index contributed by atoms with van der Waals surface area (Å²) in [6.45, 7) is 3.27. The number of nitrogens with zero attached hydrogens (tertiary/aromatic N) is 2. The molecule has 1 aromatic heterocycles. The Labute approximate surface area is 120 Å². The van der Waals surface area contributed by atoms with Crippen molar-refractivity contribution >= 4 is 5.91 Å². The van der Waals surface area contributed by atoms with Crippen LogP contribution in [0.1, 0.15) is 43.9 Å². The van der Waals surface area contributed by atoms with Crippen molar-refractivity contribution in [2.75, 3.05) is 6.54 Å². The van der Waals surface area contributed by atoms with E-state index in [2.05, 4.69) is 17.3 Å². The average Bonchev–Trinajstić information content (AvgIpc) is 2.84. The zero-order chi connectivity index (χ0) is 14.5. The van der Waals surface area contributed by atoms with Crippen LogP contribution in [0.4, 0.5) is 0 Å². The molecule has 3 N–H and O–H groups in total. The standard InChI is InChI=1S/C15H26N4O/c1-3-14-12(10-19(2)18-14)9-17-15(20)13-7-5-4-6-11(13)8-16/h10-11,13H,3-9,16H2,1-2H3,(H,17,20). The van der Waals surface area contributed by atoms with Crippen LogP contribution in [0.15, 0.2) is 6.20 Å². The molecule has 2 unspecified atom stereocenters. The van der Waals surface area contributed by atoms with Gasteiger partial charge in [-0.2, -0.15) is 5.10 Å². The number of rotatable bonds is 5. The second kappa shape index (κ2) is 6.88. The van der Waals surface area contributed by atoms with Crippen molar-refractivity contribution in [1.82, 2.24) is 15.1 Å². The summed E-state index contributed by atoms with van der Waals surface area (Å²) in [5, 5.41) is 7.47. The van der Waals surface area contributed by atoms with Crippen LogP contribution < -0.4 is 11.1 Å². The monoisotopic (exact) mass is 278 g/mol. The Kier molecular flexibility index (Phi) is 5.17. The lowest BCUT2D eigenvalue weighted by atomic mass is 9.79. The number of carbonyl (C=O) groups excluding carboxylic acids is 1. The molecule has 1 heterocycles. The van der Waals surface area contributed by atoms with Gasteiger partial charge < -0.3 is 11.1 Å². The fourth-order valence-corrected chi connectivity index (χ4v) is 3.18. The van der Waals surface area contributed by atoms with Gasteiger partial charge in [0.2, 0.25) is 5.91 Å². The maximum absolute atomic E-state index is 12.4. The second-order valence-corrected chi connectivity index (χ2v) is 5.73. The molecule has 5 heteroatoms. The lowest BCUT2D eigenvalue weighted by Gasteiger charge is -2.29. The van der Waals surface area contributed by atoms with Gasteiger partial charge in [-0.05, 0) is 31.7 Å². The maximum atomic E-state index is 12.4. The van der Waals surface area contributed by atoms with E-state index in [1.165, 1.54) is 6.42 Å². The maximum Gasteiger partial charge on any atom is 0.223 e. The fourth-order valence-electron chi connectivity index (χ4n) is 3.18. The molecule has 0 radical (unpaired) electrons. The topological polar surface area (TPSA) is 72.9 Å². The molecule has 0 saturated heterocycles. The summed E-state index contributed by atoms with van der Waals surface area (Å²) in [5.74, 6) is 0.602. The van der Waals surface area contributed by atoms with E-state index in [-0.39, 0.29) is 11.8 Å². The molecule has 20 heavy (non-hydrogen) atoms. The fraction of sp³-hybridized carbons (Fsp3) is 0.733. The molecule has 1 amide bonds. The van der Waals surface area contributed by atoms with Crippen molar-refractivity contribution in [3.05, 3.63) is 17.5 Å². The molecule has 0 aromatic carbocycles. The van der Waals surface area contributed by atoms with Crippen molar-refractivity contribution in [3.63, 3.8) is 0 Å². The Bertz CT molecular complexity index is 455. The zero-order valence-corrected chi connectivity index (χ0v) is 12.6. The number of aryl methyl sites for hydroxylation is 2. The largest absolute Gasteiger partial charge is 0.352 e.